The highest BCUT2D eigenvalue weighted by molar-refractivity contribution is 6.32. The van der Waals surface area contributed by atoms with Crippen LogP contribution in [0.15, 0.2) is 66.3 Å². The number of hydrogen-bond donors (Lipinski definition) is 0. The molecule has 0 N–H and O–H groups in total. The van der Waals surface area contributed by atoms with Gasteiger partial charge in [0.25, 0.3) is 0 Å². The van der Waals surface area contributed by atoms with Crippen molar-refractivity contribution in [3.63, 3.8) is 0 Å². The molecule has 0 bridgehead atoms. The zero-order valence-electron chi connectivity index (χ0n) is 14.8. The second-order valence-corrected chi connectivity index (χ2v) is 6.44. The van der Waals surface area contributed by atoms with Crippen molar-refractivity contribution in [2.24, 2.45) is 5.10 Å². The molecular weight excluding hydrogens is 362 g/mol. The van der Waals surface area contributed by atoms with Crippen molar-refractivity contribution in [1.29, 1.82) is 0 Å². The van der Waals surface area contributed by atoms with E-state index in [1.54, 1.807) is 17.3 Å². The fraction of sp³-hybridized carbons (Fsp3) is 0.150. The predicted molar refractivity (Wildman–Crippen MR) is 107 cm³/mol. The summed E-state index contributed by atoms with van der Waals surface area (Å²) in [5, 5.41) is 13.7. The van der Waals surface area contributed by atoms with Gasteiger partial charge >= 0.3 is 0 Å². The minimum atomic E-state index is 0.519. The Hall–Kier alpha value is -3.12. The van der Waals surface area contributed by atoms with E-state index < -0.39 is 0 Å². The first-order chi connectivity index (χ1) is 13.2. The van der Waals surface area contributed by atoms with Gasteiger partial charge in [-0.25, -0.2) is 4.68 Å². The Bertz CT molecular complexity index is 1090. The number of hydrogen-bond acceptors (Lipinski definition) is 4. The first kappa shape index (κ1) is 17.3. The van der Waals surface area contributed by atoms with Gasteiger partial charge in [0.1, 0.15) is 25.0 Å². The van der Waals surface area contributed by atoms with Crippen LogP contribution < -0.4 is 4.74 Å². The van der Waals surface area contributed by atoms with Crippen molar-refractivity contribution in [1.82, 2.24) is 19.4 Å². The Kier molecular flexibility index (Phi) is 4.89. The zero-order valence-corrected chi connectivity index (χ0v) is 15.5. The normalized spacial score (nSPS) is 11.5. The fourth-order valence-electron chi connectivity index (χ4n) is 3.10. The van der Waals surface area contributed by atoms with Crippen LogP contribution >= 0.6 is 11.6 Å². The Labute approximate surface area is 161 Å². The Morgan fingerprint density at radius 3 is 2.63 bits per heavy atom. The highest BCUT2D eigenvalue weighted by atomic mass is 35.5. The standard InChI is InChI=1S/C20H18ClN5O/c1-15-17(12-24-25-13-22-23-14-25)16-6-2-4-8-19(16)26(15)10-11-27-20-9-5-3-7-18(20)21/h2-9,12-14H,10-11H2,1H3/b24-12+. The third-order valence-corrected chi connectivity index (χ3v) is 4.73. The number of halogens is 1. The second-order valence-electron chi connectivity index (χ2n) is 6.03. The first-order valence-corrected chi connectivity index (χ1v) is 8.96. The summed E-state index contributed by atoms with van der Waals surface area (Å²) in [5.41, 5.74) is 3.33. The molecule has 2 aromatic carbocycles. The first-order valence-electron chi connectivity index (χ1n) is 8.58. The Morgan fingerprint density at radius 2 is 1.81 bits per heavy atom. The lowest BCUT2D eigenvalue weighted by Crippen LogP contribution is -2.10. The molecule has 27 heavy (non-hydrogen) atoms. The molecule has 136 valence electrons. The van der Waals surface area contributed by atoms with E-state index in [0.29, 0.717) is 23.9 Å². The monoisotopic (exact) mass is 379 g/mol. The van der Waals surface area contributed by atoms with Crippen molar-refractivity contribution < 1.29 is 4.74 Å². The second kappa shape index (κ2) is 7.63. The zero-order chi connectivity index (χ0) is 18.6. The number of fused-ring (bicyclic) bond motifs is 1. The average molecular weight is 380 g/mol. The number of aromatic nitrogens is 4. The van der Waals surface area contributed by atoms with Gasteiger partial charge in [0.05, 0.1) is 17.8 Å². The summed E-state index contributed by atoms with van der Waals surface area (Å²) < 4.78 is 9.68. The van der Waals surface area contributed by atoms with E-state index in [9.17, 15) is 0 Å². The molecule has 0 aliphatic carbocycles. The summed E-state index contributed by atoms with van der Waals surface area (Å²) in [6, 6.07) is 15.8. The van der Waals surface area contributed by atoms with E-state index in [1.807, 2.05) is 42.6 Å². The quantitative estimate of drug-likeness (QED) is 0.473. The number of benzene rings is 2. The van der Waals surface area contributed by atoms with E-state index >= 15 is 0 Å². The summed E-state index contributed by atoms with van der Waals surface area (Å²) in [6.07, 6.45) is 4.96. The van der Waals surface area contributed by atoms with Gasteiger partial charge in [0.15, 0.2) is 0 Å². The molecular formula is C20H18ClN5O. The van der Waals surface area contributed by atoms with Crippen molar-refractivity contribution in [3.05, 3.63) is 77.5 Å². The van der Waals surface area contributed by atoms with Gasteiger partial charge in [0, 0.05) is 22.2 Å². The summed E-state index contributed by atoms with van der Waals surface area (Å²) in [5.74, 6) is 0.697. The van der Waals surface area contributed by atoms with E-state index in [2.05, 4.69) is 38.9 Å². The summed E-state index contributed by atoms with van der Waals surface area (Å²) in [4.78, 5) is 0. The Balaban J connectivity index is 1.61. The number of nitrogens with zero attached hydrogens (tertiary/aromatic N) is 5. The molecule has 7 heteroatoms. The number of ether oxygens (including phenoxy) is 1. The highest BCUT2D eigenvalue weighted by Gasteiger charge is 2.12. The van der Waals surface area contributed by atoms with Crippen LogP contribution in [0.3, 0.4) is 0 Å². The van der Waals surface area contributed by atoms with Crippen LogP contribution in [0.2, 0.25) is 5.02 Å². The summed E-state index contributed by atoms with van der Waals surface area (Å²) in [7, 11) is 0. The summed E-state index contributed by atoms with van der Waals surface area (Å²) >= 11 is 6.16. The molecule has 0 aliphatic heterocycles. The molecule has 4 aromatic rings. The predicted octanol–water partition coefficient (Wildman–Crippen LogP) is 4.16. The van der Waals surface area contributed by atoms with Crippen LogP contribution in [0.1, 0.15) is 11.3 Å². The molecule has 0 atom stereocenters. The smallest absolute Gasteiger partial charge is 0.141 e. The molecule has 0 radical (unpaired) electrons. The van der Waals surface area contributed by atoms with Crippen LogP contribution in [0.5, 0.6) is 5.75 Å². The van der Waals surface area contributed by atoms with Gasteiger partial charge in [-0.2, -0.15) is 5.10 Å². The van der Waals surface area contributed by atoms with Crippen molar-refractivity contribution in [2.75, 3.05) is 6.61 Å². The van der Waals surface area contributed by atoms with E-state index in [4.69, 9.17) is 16.3 Å². The van der Waals surface area contributed by atoms with E-state index in [-0.39, 0.29) is 0 Å². The van der Waals surface area contributed by atoms with Gasteiger partial charge in [-0.15, -0.1) is 10.2 Å². The van der Waals surface area contributed by atoms with Crippen LogP contribution in [0.4, 0.5) is 0 Å². The third kappa shape index (κ3) is 3.57. The van der Waals surface area contributed by atoms with Crippen LogP contribution in [-0.2, 0) is 6.54 Å². The SMILES string of the molecule is Cc1c(/C=N/n2cnnc2)c2ccccc2n1CCOc1ccccc1Cl. The lowest BCUT2D eigenvalue weighted by atomic mass is 10.1. The lowest BCUT2D eigenvalue weighted by Gasteiger charge is -2.11. The van der Waals surface area contributed by atoms with E-state index in [0.717, 1.165) is 22.2 Å². The van der Waals surface area contributed by atoms with Crippen molar-refractivity contribution >= 4 is 28.7 Å². The van der Waals surface area contributed by atoms with Crippen molar-refractivity contribution in [2.45, 2.75) is 13.5 Å². The molecule has 0 saturated heterocycles. The minimum absolute atomic E-state index is 0.519. The Morgan fingerprint density at radius 1 is 1.07 bits per heavy atom. The molecule has 0 aliphatic rings. The molecule has 0 spiro atoms. The molecule has 4 rings (SSSR count). The number of rotatable bonds is 6. The van der Waals surface area contributed by atoms with Crippen molar-refractivity contribution in [3.8, 4) is 5.75 Å². The fourth-order valence-corrected chi connectivity index (χ4v) is 3.29. The van der Waals surface area contributed by atoms with Crippen LogP contribution in [0.25, 0.3) is 10.9 Å². The van der Waals surface area contributed by atoms with Gasteiger partial charge in [0.2, 0.25) is 0 Å². The van der Waals surface area contributed by atoms with Gasteiger partial charge in [-0.1, -0.05) is 41.9 Å². The molecule has 6 nitrogen and oxygen atoms in total. The number of para-hydroxylation sites is 2. The topological polar surface area (TPSA) is 57.2 Å². The minimum Gasteiger partial charge on any atom is -0.490 e. The third-order valence-electron chi connectivity index (χ3n) is 4.42. The van der Waals surface area contributed by atoms with Gasteiger partial charge < -0.3 is 9.30 Å². The maximum atomic E-state index is 6.16. The molecule has 0 amide bonds. The maximum Gasteiger partial charge on any atom is 0.141 e. The summed E-state index contributed by atoms with van der Waals surface area (Å²) in [6.45, 7) is 3.31. The molecule has 0 saturated carbocycles. The van der Waals surface area contributed by atoms with Crippen LogP contribution in [-0.4, -0.2) is 32.3 Å². The lowest BCUT2D eigenvalue weighted by molar-refractivity contribution is 0.299. The van der Waals surface area contributed by atoms with Gasteiger partial charge in [-0.05, 0) is 25.1 Å². The molecule has 2 heterocycles. The molecule has 0 unspecified atom stereocenters. The average Bonchev–Trinajstić information content (AvgIpc) is 3.29. The van der Waals surface area contributed by atoms with E-state index in [1.165, 1.54) is 0 Å². The molecule has 0 fully saturated rings. The largest absolute Gasteiger partial charge is 0.490 e. The molecule has 2 aromatic heterocycles. The highest BCUT2D eigenvalue weighted by Crippen LogP contribution is 2.26. The maximum absolute atomic E-state index is 6.16. The van der Waals surface area contributed by atoms with Gasteiger partial charge in [-0.3, -0.25) is 0 Å². The van der Waals surface area contributed by atoms with Crippen LogP contribution in [0, 0.1) is 6.92 Å².